The van der Waals surface area contributed by atoms with E-state index in [1.54, 1.807) is 6.92 Å². The van der Waals surface area contributed by atoms with E-state index in [-0.39, 0.29) is 30.2 Å². The molecule has 0 atom stereocenters. The van der Waals surface area contributed by atoms with Crippen LogP contribution in [0.4, 0.5) is 0 Å². The van der Waals surface area contributed by atoms with Crippen LogP contribution in [-0.2, 0) is 19.6 Å². The van der Waals surface area contributed by atoms with E-state index in [9.17, 15) is 13.2 Å². The molecule has 0 aliphatic carbocycles. The highest BCUT2D eigenvalue weighted by Crippen LogP contribution is 2.20. The average molecular weight is 277 g/mol. The zero-order chi connectivity index (χ0) is 13.8. The Labute approximate surface area is 110 Å². The molecule has 6 heteroatoms. The van der Waals surface area contributed by atoms with Crippen LogP contribution in [-0.4, -0.2) is 50.1 Å². The van der Waals surface area contributed by atoms with Crippen molar-refractivity contribution in [2.75, 3.05) is 25.4 Å². The molecule has 18 heavy (non-hydrogen) atoms. The molecule has 0 saturated carbocycles. The summed E-state index contributed by atoms with van der Waals surface area (Å²) in [7, 11) is -3.23. The van der Waals surface area contributed by atoms with Gasteiger partial charge in [-0.25, -0.2) is 12.7 Å². The molecular formula is C12H23NO4S. The number of carbonyl (C=O) groups is 1. The van der Waals surface area contributed by atoms with E-state index >= 15 is 0 Å². The quantitative estimate of drug-likeness (QED) is 0.728. The van der Waals surface area contributed by atoms with Gasteiger partial charge in [0.15, 0.2) is 0 Å². The second-order valence-electron chi connectivity index (χ2n) is 5.02. The maximum atomic E-state index is 12.0. The lowest BCUT2D eigenvalue weighted by Crippen LogP contribution is -2.41. The summed E-state index contributed by atoms with van der Waals surface area (Å²) in [5, 5.41) is 0. The summed E-state index contributed by atoms with van der Waals surface area (Å²) in [6.07, 6.45) is 1.32. The number of nitrogens with zero attached hydrogens (tertiary/aromatic N) is 1. The smallest absolute Gasteiger partial charge is 0.216 e. The van der Waals surface area contributed by atoms with E-state index < -0.39 is 10.0 Å². The zero-order valence-corrected chi connectivity index (χ0v) is 12.2. The Morgan fingerprint density at radius 2 is 1.89 bits per heavy atom. The monoisotopic (exact) mass is 277 g/mol. The number of Topliss-reactive ketones (excluding diaryl/α,β-unsaturated/α-hetero) is 1. The Hall–Kier alpha value is -0.460. The van der Waals surface area contributed by atoms with Crippen molar-refractivity contribution in [2.45, 2.75) is 39.7 Å². The minimum Gasteiger partial charge on any atom is -0.378 e. The van der Waals surface area contributed by atoms with Crippen molar-refractivity contribution < 1.29 is 17.9 Å². The van der Waals surface area contributed by atoms with Gasteiger partial charge in [0.25, 0.3) is 0 Å². The van der Waals surface area contributed by atoms with Crippen molar-refractivity contribution in [3.8, 4) is 0 Å². The minimum atomic E-state index is -3.23. The van der Waals surface area contributed by atoms with Crippen molar-refractivity contribution in [1.82, 2.24) is 4.31 Å². The fourth-order valence-electron chi connectivity index (χ4n) is 2.06. The highest BCUT2D eigenvalue weighted by molar-refractivity contribution is 7.89. The van der Waals surface area contributed by atoms with Gasteiger partial charge in [0.05, 0.1) is 18.5 Å². The first-order valence-electron chi connectivity index (χ1n) is 6.43. The van der Waals surface area contributed by atoms with Crippen LogP contribution < -0.4 is 0 Å². The van der Waals surface area contributed by atoms with Gasteiger partial charge in [0, 0.05) is 19.0 Å². The molecular weight excluding hydrogens is 254 g/mol. The van der Waals surface area contributed by atoms with Gasteiger partial charge < -0.3 is 4.74 Å². The van der Waals surface area contributed by atoms with E-state index in [0.29, 0.717) is 25.9 Å². The number of hydrogen-bond acceptors (Lipinski definition) is 4. The molecule has 0 unspecified atom stereocenters. The van der Waals surface area contributed by atoms with Crippen LogP contribution in [0.3, 0.4) is 0 Å². The Morgan fingerprint density at radius 1 is 1.33 bits per heavy atom. The fraction of sp³-hybridized carbons (Fsp3) is 0.917. The van der Waals surface area contributed by atoms with Gasteiger partial charge in [-0.15, -0.1) is 0 Å². The van der Waals surface area contributed by atoms with Crippen LogP contribution in [0, 0.1) is 5.92 Å². The highest BCUT2D eigenvalue weighted by atomic mass is 32.2. The minimum absolute atomic E-state index is 0.0237. The third-order valence-corrected chi connectivity index (χ3v) is 5.05. The predicted octanol–water partition coefficient (Wildman–Crippen LogP) is 1.04. The molecule has 1 saturated heterocycles. The molecule has 0 N–H and O–H groups in total. The molecule has 0 spiro atoms. The number of sulfonamides is 1. The Kier molecular flexibility index (Phi) is 5.75. The van der Waals surface area contributed by atoms with Crippen molar-refractivity contribution in [3.05, 3.63) is 0 Å². The van der Waals surface area contributed by atoms with Gasteiger partial charge >= 0.3 is 0 Å². The van der Waals surface area contributed by atoms with Gasteiger partial charge in [-0.2, -0.15) is 0 Å². The number of hydrogen-bond donors (Lipinski definition) is 0. The van der Waals surface area contributed by atoms with Crippen LogP contribution in [0.5, 0.6) is 0 Å². The molecule has 1 aliphatic heterocycles. The molecule has 0 aromatic carbocycles. The first-order valence-corrected chi connectivity index (χ1v) is 8.03. The van der Waals surface area contributed by atoms with Gasteiger partial charge in [0.2, 0.25) is 10.0 Å². The summed E-state index contributed by atoms with van der Waals surface area (Å²) in [6, 6.07) is 0. The van der Waals surface area contributed by atoms with Gasteiger partial charge in [-0.1, -0.05) is 0 Å². The highest BCUT2D eigenvalue weighted by Gasteiger charge is 2.29. The van der Waals surface area contributed by atoms with E-state index in [1.807, 2.05) is 13.8 Å². The first-order chi connectivity index (χ1) is 8.33. The topological polar surface area (TPSA) is 63.7 Å². The SMILES string of the molecule is CC(=O)C1CCN(S(=O)(=O)CCOC(C)C)CC1. The summed E-state index contributed by atoms with van der Waals surface area (Å²) < 4.78 is 30.8. The summed E-state index contributed by atoms with van der Waals surface area (Å²) >= 11 is 0. The molecule has 0 amide bonds. The third-order valence-electron chi connectivity index (χ3n) is 3.21. The molecule has 1 rings (SSSR count). The molecule has 0 radical (unpaired) electrons. The number of ketones is 1. The lowest BCUT2D eigenvalue weighted by atomic mass is 9.95. The molecule has 5 nitrogen and oxygen atoms in total. The molecule has 0 aromatic rings. The second-order valence-corrected chi connectivity index (χ2v) is 7.11. The number of rotatable bonds is 6. The van der Waals surface area contributed by atoms with Crippen molar-refractivity contribution in [3.63, 3.8) is 0 Å². The maximum absolute atomic E-state index is 12.0. The normalized spacial score (nSPS) is 19.3. The van der Waals surface area contributed by atoms with E-state index in [1.165, 1.54) is 4.31 Å². The molecule has 0 aromatic heterocycles. The summed E-state index contributed by atoms with van der Waals surface area (Å²) in [6.45, 7) is 6.47. The lowest BCUT2D eigenvalue weighted by Gasteiger charge is -2.30. The summed E-state index contributed by atoms with van der Waals surface area (Å²) in [5.74, 6) is 0.217. The van der Waals surface area contributed by atoms with Crippen LogP contribution in [0.2, 0.25) is 0 Å². The van der Waals surface area contributed by atoms with E-state index in [0.717, 1.165) is 0 Å². The molecule has 0 bridgehead atoms. The van der Waals surface area contributed by atoms with Crippen molar-refractivity contribution in [1.29, 1.82) is 0 Å². The first kappa shape index (κ1) is 15.6. The summed E-state index contributed by atoms with van der Waals surface area (Å²) in [4.78, 5) is 11.2. The number of piperidine rings is 1. The second kappa shape index (κ2) is 6.63. The predicted molar refractivity (Wildman–Crippen MR) is 69.9 cm³/mol. The largest absolute Gasteiger partial charge is 0.378 e. The lowest BCUT2D eigenvalue weighted by molar-refractivity contribution is -0.121. The standard InChI is InChI=1S/C12H23NO4S/c1-10(2)17-8-9-18(15,16)13-6-4-12(5-7-13)11(3)14/h10,12H,4-9H2,1-3H3. The number of carbonyl (C=O) groups excluding carboxylic acids is 1. The number of ether oxygens (including phenoxy) is 1. The fourth-order valence-corrected chi connectivity index (χ4v) is 3.39. The zero-order valence-electron chi connectivity index (χ0n) is 11.4. The van der Waals surface area contributed by atoms with Crippen molar-refractivity contribution in [2.24, 2.45) is 5.92 Å². The molecule has 106 valence electrons. The summed E-state index contributed by atoms with van der Waals surface area (Å²) in [5.41, 5.74) is 0. The van der Waals surface area contributed by atoms with Gasteiger partial charge in [-0.05, 0) is 33.6 Å². The average Bonchev–Trinajstić information content (AvgIpc) is 2.28. The van der Waals surface area contributed by atoms with Gasteiger partial charge in [0.1, 0.15) is 5.78 Å². The Balaban J connectivity index is 2.43. The molecule has 1 fully saturated rings. The van der Waals surface area contributed by atoms with Crippen molar-refractivity contribution >= 4 is 15.8 Å². The Morgan fingerprint density at radius 3 is 2.33 bits per heavy atom. The van der Waals surface area contributed by atoms with Crippen LogP contribution in [0.25, 0.3) is 0 Å². The van der Waals surface area contributed by atoms with E-state index in [4.69, 9.17) is 4.74 Å². The Bertz CT molecular complexity index is 370. The van der Waals surface area contributed by atoms with Crippen LogP contribution in [0.15, 0.2) is 0 Å². The third kappa shape index (κ3) is 4.66. The van der Waals surface area contributed by atoms with Crippen LogP contribution >= 0.6 is 0 Å². The molecule has 1 heterocycles. The van der Waals surface area contributed by atoms with Gasteiger partial charge in [-0.3, -0.25) is 4.79 Å². The molecule has 1 aliphatic rings. The van der Waals surface area contributed by atoms with E-state index in [2.05, 4.69) is 0 Å². The van der Waals surface area contributed by atoms with Crippen LogP contribution in [0.1, 0.15) is 33.6 Å². The maximum Gasteiger partial charge on any atom is 0.216 e.